The molecule has 0 atom stereocenters. The summed E-state index contributed by atoms with van der Waals surface area (Å²) in [6, 6.07) is 128. The minimum absolute atomic E-state index is 0.327. The number of fused-ring (bicyclic) bond motifs is 13. The van der Waals surface area contributed by atoms with Gasteiger partial charge in [-0.2, -0.15) is 10.5 Å². The first-order chi connectivity index (χ1) is 49.6. The Morgan fingerprint density at radius 1 is 0.240 bits per heavy atom. The van der Waals surface area contributed by atoms with Gasteiger partial charge in [0.05, 0.1) is 73.4 Å². The number of nitriles is 2. The molecule has 0 N–H and O–H groups in total. The lowest BCUT2D eigenvalue weighted by Gasteiger charge is -2.45. The van der Waals surface area contributed by atoms with Gasteiger partial charge in [0.2, 0.25) is 0 Å². The molecule has 7 nitrogen and oxygen atoms in total. The predicted octanol–water partition coefficient (Wildman–Crippen LogP) is 21.5. The van der Waals surface area contributed by atoms with E-state index in [0.29, 0.717) is 11.1 Å². The maximum atomic E-state index is 11.7. The Morgan fingerprint density at radius 2 is 0.640 bits per heavy atom. The van der Waals surface area contributed by atoms with Crippen molar-refractivity contribution in [2.75, 3.05) is 9.80 Å². The van der Waals surface area contributed by atoms with Crippen LogP contribution in [0.5, 0.6) is 0 Å². The van der Waals surface area contributed by atoms with Crippen LogP contribution in [0.15, 0.2) is 340 Å². The van der Waals surface area contributed by atoms with Crippen LogP contribution in [0.3, 0.4) is 0 Å². The van der Waals surface area contributed by atoms with E-state index in [1.54, 1.807) is 0 Å². The third-order valence-corrected chi connectivity index (χ3v) is 20.9. The number of rotatable bonds is 9. The summed E-state index contributed by atoms with van der Waals surface area (Å²) in [6.45, 7) is -0.327. The van der Waals surface area contributed by atoms with E-state index in [1.807, 2.05) is 12.1 Å². The molecule has 0 fully saturated rings. The van der Waals surface area contributed by atoms with Gasteiger partial charge in [-0.3, -0.25) is 0 Å². The van der Waals surface area contributed by atoms with E-state index in [4.69, 9.17) is 0 Å². The third kappa shape index (κ3) is 8.51. The second-order valence-corrected chi connectivity index (χ2v) is 26.1. The van der Waals surface area contributed by atoms with E-state index in [0.717, 1.165) is 167 Å². The van der Waals surface area contributed by atoms with Gasteiger partial charge in [-0.1, -0.05) is 224 Å². The first-order valence-corrected chi connectivity index (χ1v) is 34.0. The zero-order chi connectivity index (χ0) is 66.1. The van der Waals surface area contributed by atoms with Gasteiger partial charge in [0.1, 0.15) is 0 Å². The van der Waals surface area contributed by atoms with Crippen molar-refractivity contribution >= 4 is 123 Å². The number of aromatic nitrogens is 3. The van der Waals surface area contributed by atoms with Crippen LogP contribution in [0.1, 0.15) is 11.1 Å². The molecule has 15 aromatic carbocycles. The summed E-state index contributed by atoms with van der Waals surface area (Å²) in [7, 11) is 0. The fraction of sp³-hybridized carbons (Fsp3) is 0. The molecule has 0 spiro atoms. The lowest BCUT2D eigenvalue weighted by molar-refractivity contribution is 1.17. The molecule has 100 heavy (non-hydrogen) atoms. The Hall–Kier alpha value is -13.7. The van der Waals surface area contributed by atoms with Gasteiger partial charge < -0.3 is 23.5 Å². The predicted molar refractivity (Wildman–Crippen MR) is 415 cm³/mol. The molecule has 3 aromatic heterocycles. The Kier molecular flexibility index (Phi) is 12.7. The van der Waals surface area contributed by atoms with Gasteiger partial charge in [0.25, 0.3) is 6.71 Å². The zero-order valence-electron chi connectivity index (χ0n) is 54.0. The molecule has 462 valence electrons. The van der Waals surface area contributed by atoms with E-state index in [9.17, 15) is 10.5 Å². The van der Waals surface area contributed by atoms with Crippen LogP contribution in [0.4, 0.5) is 34.1 Å². The van der Waals surface area contributed by atoms with E-state index in [1.165, 1.54) is 10.8 Å². The smallest absolute Gasteiger partial charge is 0.252 e. The second kappa shape index (κ2) is 22.5. The first kappa shape index (κ1) is 56.7. The Labute approximate surface area is 577 Å². The van der Waals surface area contributed by atoms with Crippen molar-refractivity contribution in [3.63, 3.8) is 0 Å². The monoisotopic (exact) mass is 1270 g/mol. The van der Waals surface area contributed by atoms with Crippen molar-refractivity contribution < 1.29 is 0 Å². The number of hydrogen-bond acceptors (Lipinski definition) is 4. The highest BCUT2D eigenvalue weighted by atomic mass is 15.2. The van der Waals surface area contributed by atoms with Crippen LogP contribution in [0, 0.1) is 22.7 Å². The van der Waals surface area contributed by atoms with Gasteiger partial charge in [-0.05, 0) is 154 Å². The van der Waals surface area contributed by atoms with E-state index < -0.39 is 0 Å². The Balaban J connectivity index is 0.927. The summed E-state index contributed by atoms with van der Waals surface area (Å²) in [6.07, 6.45) is 0. The Bertz CT molecular complexity index is 6380. The number of nitrogens with zero attached hydrogens (tertiary/aromatic N) is 7. The van der Waals surface area contributed by atoms with Crippen molar-refractivity contribution in [1.82, 2.24) is 13.7 Å². The van der Waals surface area contributed by atoms with Gasteiger partial charge in [0, 0.05) is 88.7 Å². The molecule has 5 heterocycles. The molecule has 0 aliphatic carbocycles. The average Bonchev–Trinajstić information content (AvgIpc) is 1.02. The first-order valence-electron chi connectivity index (χ1n) is 34.0. The largest absolute Gasteiger partial charge is 0.311 e. The number of para-hydroxylation sites is 8. The molecule has 2 aliphatic rings. The number of hydrogen-bond donors (Lipinski definition) is 0. The van der Waals surface area contributed by atoms with Crippen LogP contribution in [-0.2, 0) is 0 Å². The summed E-state index contributed by atoms with van der Waals surface area (Å²) in [5.74, 6) is 0. The molecular weight excluding hydrogens is 1210 g/mol. The van der Waals surface area contributed by atoms with E-state index in [-0.39, 0.29) is 6.71 Å². The molecule has 20 rings (SSSR count). The number of benzene rings is 15. The molecular formula is C92H56BN7. The van der Waals surface area contributed by atoms with Gasteiger partial charge in [-0.15, -0.1) is 0 Å². The summed E-state index contributed by atoms with van der Waals surface area (Å²) in [5.41, 5.74) is 27.9. The number of anilines is 6. The van der Waals surface area contributed by atoms with Gasteiger partial charge in [-0.25, -0.2) is 0 Å². The van der Waals surface area contributed by atoms with Gasteiger partial charge in [0.15, 0.2) is 0 Å². The molecule has 0 radical (unpaired) electrons. The highest BCUT2D eigenvalue weighted by molar-refractivity contribution is 7.00. The second-order valence-electron chi connectivity index (χ2n) is 26.1. The third-order valence-electron chi connectivity index (χ3n) is 20.9. The maximum Gasteiger partial charge on any atom is 0.252 e. The molecule has 0 unspecified atom stereocenters. The minimum Gasteiger partial charge on any atom is -0.311 e. The average molecular weight is 1270 g/mol. The maximum absolute atomic E-state index is 11.7. The van der Waals surface area contributed by atoms with Crippen molar-refractivity contribution in [3.05, 3.63) is 351 Å². The summed E-state index contributed by atoms with van der Waals surface area (Å²) in [5, 5.41) is 29.6. The molecule has 0 saturated heterocycles. The Morgan fingerprint density at radius 3 is 1.12 bits per heavy atom. The molecule has 0 saturated carbocycles. The van der Waals surface area contributed by atoms with E-state index in [2.05, 4.69) is 363 Å². The van der Waals surface area contributed by atoms with Gasteiger partial charge >= 0.3 is 0 Å². The fourth-order valence-electron chi connectivity index (χ4n) is 16.6. The van der Waals surface area contributed by atoms with Crippen LogP contribution in [0.2, 0.25) is 0 Å². The standard InChI is InChI=1S/C92H56BN7/c94-57-59-43-50-87(98-85-41-21-13-33-73(85)74-34-14-22-42-86(74)98)76(51-59)62-45-48-77-88(52-62)99(79-35-15-7-27-67(79)60-23-3-1-4-24-60)90-53-64(75-55-65(46-44-63(75)58-95)96-81-37-17-9-29-69(81)70-30-10-18-38-82(70)96)54-91-92(90)93(77)78-49-47-66(97-83-39-19-11-31-71(83)72-32-12-20-40-84(72)97)56-89(78)100(91)80-36-16-8-28-68(80)61-25-5-2-6-26-61/h1-56H. The molecule has 0 amide bonds. The fourth-order valence-corrected chi connectivity index (χ4v) is 16.6. The van der Waals surface area contributed by atoms with Crippen LogP contribution >= 0.6 is 0 Å². The summed E-state index contributed by atoms with van der Waals surface area (Å²) >= 11 is 0. The highest BCUT2D eigenvalue weighted by Gasteiger charge is 2.45. The van der Waals surface area contributed by atoms with Crippen LogP contribution < -0.4 is 26.2 Å². The lowest BCUT2D eigenvalue weighted by atomic mass is 9.33. The normalized spacial score (nSPS) is 12.3. The topological polar surface area (TPSA) is 68.8 Å². The summed E-state index contributed by atoms with van der Waals surface area (Å²) < 4.78 is 7.14. The zero-order valence-corrected chi connectivity index (χ0v) is 54.0. The van der Waals surface area contributed by atoms with Crippen molar-refractivity contribution in [2.24, 2.45) is 0 Å². The SMILES string of the molecule is N#Cc1ccc(-n2c3ccccc3c3ccccc32)c(-c2ccc3c(c2)N(c2ccccc2-c2ccccc2)c2cc(-c4cc(-n5c6ccccc6c6ccccc65)ccc4C#N)cc4c2B3c2ccc(-n3c5ccccc5c5ccccc53)cc2N4c2ccccc2-c2ccccc2)c1. The molecule has 0 bridgehead atoms. The highest BCUT2D eigenvalue weighted by Crippen LogP contribution is 2.52. The molecule has 18 aromatic rings. The van der Waals surface area contributed by atoms with Crippen LogP contribution in [-0.4, -0.2) is 20.4 Å². The van der Waals surface area contributed by atoms with Crippen molar-refractivity contribution in [2.45, 2.75) is 0 Å². The van der Waals surface area contributed by atoms with Crippen molar-refractivity contribution in [1.29, 1.82) is 10.5 Å². The molecule has 2 aliphatic heterocycles. The van der Waals surface area contributed by atoms with Crippen LogP contribution in [0.25, 0.3) is 127 Å². The van der Waals surface area contributed by atoms with E-state index >= 15 is 0 Å². The molecule has 8 heteroatoms. The summed E-state index contributed by atoms with van der Waals surface area (Å²) in [4.78, 5) is 5.04. The lowest BCUT2D eigenvalue weighted by Crippen LogP contribution is -2.61. The minimum atomic E-state index is -0.327. The van der Waals surface area contributed by atoms with Crippen molar-refractivity contribution in [3.8, 4) is 73.7 Å². The quantitative estimate of drug-likeness (QED) is 0.135.